The largest absolute Gasteiger partial charge is 0.299 e. The van der Waals surface area contributed by atoms with Crippen LogP contribution in [-0.4, -0.2) is 5.78 Å². The molecule has 2 bridgehead atoms. The van der Waals surface area contributed by atoms with Crippen molar-refractivity contribution in [3.63, 3.8) is 0 Å². The van der Waals surface area contributed by atoms with Crippen molar-refractivity contribution in [3.05, 3.63) is 0 Å². The summed E-state index contributed by atoms with van der Waals surface area (Å²) in [6.07, 6.45) is 12.3. The zero-order valence-corrected chi connectivity index (χ0v) is 11.8. The van der Waals surface area contributed by atoms with Crippen LogP contribution in [0.15, 0.2) is 0 Å². The van der Waals surface area contributed by atoms with Gasteiger partial charge >= 0.3 is 0 Å². The Morgan fingerprint density at radius 2 is 1.41 bits per heavy atom. The number of rotatable bonds is 0. The molecule has 0 heterocycles. The van der Waals surface area contributed by atoms with Crippen LogP contribution in [-0.2, 0) is 4.79 Å². The molecule has 0 amide bonds. The molecule has 0 aliphatic heterocycles. The molecule has 0 radical (unpaired) electrons. The van der Waals surface area contributed by atoms with Crippen molar-refractivity contribution in [3.8, 4) is 0 Å². The summed E-state index contributed by atoms with van der Waals surface area (Å²) < 4.78 is 0. The molecule has 0 N–H and O–H groups in total. The lowest BCUT2D eigenvalue weighted by atomic mass is 9.70. The van der Waals surface area contributed by atoms with Crippen LogP contribution in [0.25, 0.3) is 0 Å². The summed E-state index contributed by atoms with van der Waals surface area (Å²) in [4.78, 5) is 11.6. The number of fused-ring (bicyclic) bond motifs is 2. The first kappa shape index (κ1) is 13.1. The van der Waals surface area contributed by atoms with Crippen LogP contribution in [0.5, 0.6) is 0 Å². The van der Waals surface area contributed by atoms with E-state index in [1.165, 1.54) is 44.9 Å². The van der Waals surface area contributed by atoms with Crippen molar-refractivity contribution in [1.82, 2.24) is 0 Å². The Bertz CT molecular complexity index is 276. The Morgan fingerprint density at radius 3 is 1.59 bits per heavy atom. The fourth-order valence-corrected chi connectivity index (χ4v) is 3.96. The third-order valence-corrected chi connectivity index (χ3v) is 5.98. The second-order valence-electron chi connectivity index (χ2n) is 7.04. The molecule has 3 rings (SSSR count). The van der Waals surface area contributed by atoms with Gasteiger partial charge in [-0.25, -0.2) is 0 Å². The van der Waals surface area contributed by atoms with Crippen LogP contribution in [0.4, 0.5) is 0 Å². The molecule has 2 atom stereocenters. The van der Waals surface area contributed by atoms with E-state index in [4.69, 9.17) is 0 Å². The number of Topliss-reactive ketones (excluding diaryl/α,β-unsaturated/α-hetero) is 1. The summed E-state index contributed by atoms with van der Waals surface area (Å²) >= 11 is 0. The van der Waals surface area contributed by atoms with E-state index in [9.17, 15) is 4.79 Å². The van der Waals surface area contributed by atoms with Gasteiger partial charge in [0, 0.05) is 11.8 Å². The lowest BCUT2D eigenvalue weighted by molar-refractivity contribution is -0.128. The van der Waals surface area contributed by atoms with Crippen LogP contribution in [0.2, 0.25) is 0 Å². The average molecular weight is 236 g/mol. The average Bonchev–Trinajstić information content (AvgIpc) is 2.65. The van der Waals surface area contributed by atoms with Crippen molar-refractivity contribution in [2.45, 2.75) is 78.6 Å². The number of hydrogen-bond donors (Lipinski definition) is 0. The van der Waals surface area contributed by atoms with Gasteiger partial charge in [-0.05, 0) is 24.2 Å². The van der Waals surface area contributed by atoms with Crippen molar-refractivity contribution in [2.75, 3.05) is 0 Å². The highest BCUT2D eigenvalue weighted by atomic mass is 16.1. The van der Waals surface area contributed by atoms with Crippen molar-refractivity contribution >= 4 is 5.78 Å². The fraction of sp³-hybridized carbons (Fsp3) is 0.938. The quantitative estimate of drug-likeness (QED) is 0.593. The Kier molecular flexibility index (Phi) is 3.66. The van der Waals surface area contributed by atoms with Gasteiger partial charge in [0.15, 0.2) is 0 Å². The van der Waals surface area contributed by atoms with Crippen LogP contribution in [0.1, 0.15) is 78.6 Å². The topological polar surface area (TPSA) is 17.1 Å². The predicted octanol–water partition coefficient (Wildman–Crippen LogP) is 4.74. The molecule has 98 valence electrons. The van der Waals surface area contributed by atoms with E-state index in [0.29, 0.717) is 11.7 Å². The highest BCUT2D eigenvalue weighted by molar-refractivity contribution is 5.89. The number of ketones is 1. The smallest absolute Gasteiger partial charge is 0.139 e. The van der Waals surface area contributed by atoms with Crippen LogP contribution < -0.4 is 0 Å². The van der Waals surface area contributed by atoms with E-state index in [1.807, 2.05) is 0 Å². The van der Waals surface area contributed by atoms with Gasteiger partial charge in [0.25, 0.3) is 0 Å². The highest BCUT2D eigenvalue weighted by Crippen LogP contribution is 2.63. The first-order valence-electron chi connectivity index (χ1n) is 7.52. The Morgan fingerprint density at radius 1 is 0.941 bits per heavy atom. The minimum Gasteiger partial charge on any atom is -0.299 e. The standard InChI is InChI=1S/C10H16O.C6H12/c1-9(2)7-4-5-10(9,3)8(11)6-7;1-2-4-6-5-3-1/h7H,4-6H2,1-3H3;1-6H2. The third-order valence-electron chi connectivity index (χ3n) is 5.98. The van der Waals surface area contributed by atoms with E-state index < -0.39 is 0 Å². The van der Waals surface area contributed by atoms with Crippen molar-refractivity contribution in [1.29, 1.82) is 0 Å². The summed E-state index contributed by atoms with van der Waals surface area (Å²) in [5, 5.41) is 0. The Balaban J connectivity index is 0.000000153. The molecule has 3 saturated carbocycles. The van der Waals surface area contributed by atoms with Gasteiger partial charge in [-0.1, -0.05) is 59.3 Å². The second-order valence-corrected chi connectivity index (χ2v) is 7.04. The molecule has 3 aliphatic carbocycles. The number of hydrogen-bond acceptors (Lipinski definition) is 1. The molecule has 0 spiro atoms. The molecule has 3 fully saturated rings. The van der Waals surface area contributed by atoms with Gasteiger partial charge < -0.3 is 0 Å². The minimum absolute atomic E-state index is 0.0255. The fourth-order valence-electron chi connectivity index (χ4n) is 3.96. The van der Waals surface area contributed by atoms with E-state index in [0.717, 1.165) is 12.8 Å². The van der Waals surface area contributed by atoms with Crippen LogP contribution in [0.3, 0.4) is 0 Å². The molecule has 0 aromatic carbocycles. The molecule has 0 aromatic rings. The van der Waals surface area contributed by atoms with E-state index >= 15 is 0 Å². The summed E-state index contributed by atoms with van der Waals surface area (Å²) in [5.41, 5.74) is 0.307. The van der Waals surface area contributed by atoms with Gasteiger partial charge in [-0.15, -0.1) is 0 Å². The third kappa shape index (κ3) is 2.18. The zero-order chi connectivity index (χ0) is 12.5. The maximum Gasteiger partial charge on any atom is 0.139 e. The number of carbonyl (C=O) groups is 1. The summed E-state index contributed by atoms with van der Waals surface area (Å²) in [7, 11) is 0. The molecule has 1 heteroatoms. The van der Waals surface area contributed by atoms with Gasteiger partial charge in [-0.2, -0.15) is 0 Å². The van der Waals surface area contributed by atoms with Crippen molar-refractivity contribution in [2.24, 2.45) is 16.7 Å². The van der Waals surface area contributed by atoms with E-state index in [-0.39, 0.29) is 10.8 Å². The van der Waals surface area contributed by atoms with Gasteiger partial charge in [0.05, 0.1) is 0 Å². The Hall–Kier alpha value is -0.330. The predicted molar refractivity (Wildman–Crippen MR) is 71.9 cm³/mol. The number of carbonyl (C=O) groups excluding carboxylic acids is 1. The monoisotopic (exact) mass is 236 g/mol. The lowest BCUT2D eigenvalue weighted by Gasteiger charge is -2.32. The molecule has 17 heavy (non-hydrogen) atoms. The molecule has 1 nitrogen and oxygen atoms in total. The summed E-state index contributed by atoms with van der Waals surface area (Å²) in [6.45, 7) is 6.67. The van der Waals surface area contributed by atoms with Crippen molar-refractivity contribution < 1.29 is 4.79 Å². The molecular formula is C16H28O. The van der Waals surface area contributed by atoms with E-state index in [2.05, 4.69) is 20.8 Å². The molecule has 3 aliphatic rings. The maximum absolute atomic E-state index is 11.6. The normalized spacial score (nSPS) is 38.8. The highest BCUT2D eigenvalue weighted by Gasteiger charge is 2.61. The van der Waals surface area contributed by atoms with Gasteiger partial charge in [0.1, 0.15) is 5.78 Å². The maximum atomic E-state index is 11.6. The van der Waals surface area contributed by atoms with E-state index in [1.54, 1.807) is 0 Å². The van der Waals surface area contributed by atoms with Gasteiger partial charge in [0.2, 0.25) is 0 Å². The first-order valence-corrected chi connectivity index (χ1v) is 7.52. The van der Waals surface area contributed by atoms with Crippen LogP contribution >= 0.6 is 0 Å². The molecule has 0 aromatic heterocycles. The second kappa shape index (κ2) is 4.74. The molecule has 2 unspecified atom stereocenters. The summed E-state index contributed by atoms with van der Waals surface area (Å²) in [5.74, 6) is 1.19. The lowest BCUT2D eigenvalue weighted by Crippen LogP contribution is -2.32. The Labute approximate surface area is 106 Å². The first-order chi connectivity index (χ1) is 7.98. The molecular weight excluding hydrogens is 208 g/mol. The van der Waals surface area contributed by atoms with Gasteiger partial charge in [-0.3, -0.25) is 4.79 Å². The molecule has 0 saturated heterocycles. The SMILES string of the molecule is C1CCCCC1.CC12CCC(CC1=O)C2(C)C. The minimum atomic E-state index is 0.0255. The zero-order valence-electron chi connectivity index (χ0n) is 11.8. The summed E-state index contributed by atoms with van der Waals surface area (Å²) in [6, 6.07) is 0. The van der Waals surface area contributed by atoms with Crippen LogP contribution in [0, 0.1) is 16.7 Å².